The van der Waals surface area contributed by atoms with Crippen LogP contribution in [0.1, 0.15) is 36.8 Å². The Kier molecular flexibility index (Phi) is 7.65. The summed E-state index contributed by atoms with van der Waals surface area (Å²) in [5.41, 5.74) is 1.40. The smallest absolute Gasteiger partial charge is 0.259 e. The Hall–Kier alpha value is -2.69. The summed E-state index contributed by atoms with van der Waals surface area (Å²) in [5, 5.41) is 8.51. The molecular formula is C26H20Cl4N4O4S. The normalized spacial score (nSPS) is 14.3. The average molecular weight is 626 g/mol. The molecule has 0 spiro atoms. The number of pyridine rings is 1. The largest absolute Gasteiger partial charge is 0.334 e. The van der Waals surface area contributed by atoms with E-state index >= 15 is 0 Å². The van der Waals surface area contributed by atoms with Gasteiger partial charge in [-0.05, 0) is 55.3 Å². The summed E-state index contributed by atoms with van der Waals surface area (Å²) < 4.78 is 29.4. The number of halogens is 4. The van der Waals surface area contributed by atoms with Gasteiger partial charge in [-0.3, -0.25) is 9.78 Å². The molecular weight excluding hydrogens is 606 g/mol. The van der Waals surface area contributed by atoms with Crippen LogP contribution in [-0.4, -0.2) is 35.2 Å². The molecule has 0 bridgehead atoms. The molecule has 0 saturated heterocycles. The highest BCUT2D eigenvalue weighted by atomic mass is 35.5. The van der Waals surface area contributed by atoms with Crippen molar-refractivity contribution in [2.75, 3.05) is 11.1 Å². The second kappa shape index (κ2) is 10.7. The monoisotopic (exact) mass is 624 g/mol. The molecule has 0 radical (unpaired) electrons. The minimum Gasteiger partial charge on any atom is -0.334 e. The Balaban J connectivity index is 1.33. The van der Waals surface area contributed by atoms with Crippen LogP contribution in [0.4, 0.5) is 5.69 Å². The van der Waals surface area contributed by atoms with Gasteiger partial charge in [0, 0.05) is 38.2 Å². The van der Waals surface area contributed by atoms with Crippen LogP contribution in [0.15, 0.2) is 58.1 Å². The summed E-state index contributed by atoms with van der Waals surface area (Å²) >= 11 is 25.6. The molecule has 2 aromatic carbocycles. The summed E-state index contributed by atoms with van der Waals surface area (Å²) in [6.45, 7) is 1.56. The maximum absolute atomic E-state index is 12.6. The Bertz CT molecular complexity index is 1660. The van der Waals surface area contributed by atoms with Crippen molar-refractivity contribution in [2.45, 2.75) is 36.5 Å². The predicted octanol–water partition coefficient (Wildman–Crippen LogP) is 6.80. The Morgan fingerprint density at radius 2 is 1.74 bits per heavy atom. The van der Waals surface area contributed by atoms with E-state index in [1.807, 2.05) is 0 Å². The van der Waals surface area contributed by atoms with Crippen molar-refractivity contribution in [3.63, 3.8) is 0 Å². The summed E-state index contributed by atoms with van der Waals surface area (Å²) in [4.78, 5) is 21.4. The number of carbonyl (C=O) groups is 1. The first-order valence-corrected chi connectivity index (χ1v) is 15.0. The number of hydrogen-bond acceptors (Lipinski definition) is 7. The summed E-state index contributed by atoms with van der Waals surface area (Å²) in [6, 6.07) is 11.2. The number of carbonyl (C=O) groups excluding carboxylic acids is 1. The van der Waals surface area contributed by atoms with Gasteiger partial charge in [0.05, 0.1) is 33.1 Å². The van der Waals surface area contributed by atoms with Crippen molar-refractivity contribution in [1.82, 2.24) is 15.1 Å². The standard InChI is InChI=1S/C26H20Cl4N4O4S/c1-2-39(36,37)17-5-4-15(31-13-17)12-22(35)32-16-10-20(29)23(21(30)11-16)26(7-8-26)25-33-24(38-34-25)18-6-3-14(27)9-19(18)28/h3-6,9-11,13H,2,7-8,12H2,1H3,(H,32,35). The highest BCUT2D eigenvalue weighted by Crippen LogP contribution is 2.57. The van der Waals surface area contributed by atoms with Crippen molar-refractivity contribution in [3.05, 3.63) is 85.8 Å². The van der Waals surface area contributed by atoms with Gasteiger partial charge in [0.2, 0.25) is 5.91 Å². The summed E-state index contributed by atoms with van der Waals surface area (Å²) in [5.74, 6) is 0.293. The zero-order valence-electron chi connectivity index (χ0n) is 20.3. The number of sulfone groups is 1. The van der Waals surface area contributed by atoms with Gasteiger partial charge in [0.25, 0.3) is 5.89 Å². The molecule has 1 amide bonds. The minimum atomic E-state index is -3.37. The molecule has 2 heterocycles. The van der Waals surface area contributed by atoms with Crippen LogP contribution in [-0.2, 0) is 26.5 Å². The van der Waals surface area contributed by atoms with E-state index in [1.54, 1.807) is 37.3 Å². The first-order chi connectivity index (χ1) is 18.5. The molecule has 4 aromatic rings. The van der Waals surface area contributed by atoms with Crippen molar-refractivity contribution in [2.24, 2.45) is 0 Å². The van der Waals surface area contributed by atoms with Gasteiger partial charge in [0.1, 0.15) is 0 Å². The van der Waals surface area contributed by atoms with Crippen molar-refractivity contribution in [1.29, 1.82) is 0 Å². The molecule has 1 saturated carbocycles. The Morgan fingerprint density at radius 1 is 1.03 bits per heavy atom. The van der Waals surface area contributed by atoms with Crippen LogP contribution in [0, 0.1) is 0 Å². The molecule has 2 aromatic heterocycles. The second-order valence-electron chi connectivity index (χ2n) is 9.06. The third-order valence-electron chi connectivity index (χ3n) is 6.45. The van der Waals surface area contributed by atoms with E-state index < -0.39 is 15.3 Å². The lowest BCUT2D eigenvalue weighted by Crippen LogP contribution is -2.17. The van der Waals surface area contributed by atoms with E-state index in [4.69, 9.17) is 50.9 Å². The topological polar surface area (TPSA) is 115 Å². The number of amides is 1. The van der Waals surface area contributed by atoms with E-state index in [2.05, 4.69) is 20.4 Å². The third-order valence-corrected chi connectivity index (χ3v) is 9.31. The van der Waals surface area contributed by atoms with E-state index in [9.17, 15) is 13.2 Å². The molecule has 8 nitrogen and oxygen atoms in total. The fourth-order valence-corrected chi connectivity index (χ4v) is 6.40. The zero-order chi connectivity index (χ0) is 27.9. The van der Waals surface area contributed by atoms with Gasteiger partial charge in [-0.2, -0.15) is 4.98 Å². The van der Waals surface area contributed by atoms with Crippen LogP contribution in [0.3, 0.4) is 0 Å². The number of aromatic nitrogens is 3. The molecule has 1 fully saturated rings. The van der Waals surface area contributed by atoms with Gasteiger partial charge in [-0.25, -0.2) is 8.42 Å². The van der Waals surface area contributed by atoms with E-state index in [0.717, 1.165) is 0 Å². The number of benzene rings is 2. The number of nitrogens with one attached hydrogen (secondary N) is 1. The number of anilines is 1. The van der Waals surface area contributed by atoms with Gasteiger partial charge >= 0.3 is 0 Å². The zero-order valence-corrected chi connectivity index (χ0v) is 24.2. The molecule has 0 atom stereocenters. The molecule has 0 unspecified atom stereocenters. The van der Waals surface area contributed by atoms with Crippen LogP contribution in [0.2, 0.25) is 20.1 Å². The maximum atomic E-state index is 12.6. The SMILES string of the molecule is CCS(=O)(=O)c1ccc(CC(=O)Nc2cc(Cl)c(C3(c4noc(-c5ccc(Cl)cc5Cl)n4)CC3)c(Cl)c2)nc1. The van der Waals surface area contributed by atoms with Gasteiger partial charge < -0.3 is 9.84 Å². The minimum absolute atomic E-state index is 0.0299. The lowest BCUT2D eigenvalue weighted by atomic mass is 9.94. The van der Waals surface area contributed by atoms with Crippen LogP contribution < -0.4 is 5.32 Å². The molecule has 5 rings (SSSR count). The fourth-order valence-electron chi connectivity index (χ4n) is 4.24. The predicted molar refractivity (Wildman–Crippen MR) is 151 cm³/mol. The average Bonchev–Trinajstić information content (AvgIpc) is 3.51. The van der Waals surface area contributed by atoms with Crippen molar-refractivity contribution < 1.29 is 17.7 Å². The molecule has 0 aliphatic heterocycles. The van der Waals surface area contributed by atoms with E-state index in [1.165, 1.54) is 18.3 Å². The van der Waals surface area contributed by atoms with E-state index in [-0.39, 0.29) is 28.9 Å². The van der Waals surface area contributed by atoms with Crippen LogP contribution in [0.25, 0.3) is 11.5 Å². The molecule has 202 valence electrons. The van der Waals surface area contributed by atoms with Crippen LogP contribution >= 0.6 is 46.4 Å². The first kappa shape index (κ1) is 27.9. The van der Waals surface area contributed by atoms with E-state index in [0.29, 0.717) is 61.3 Å². The quantitative estimate of drug-likeness (QED) is 0.229. The van der Waals surface area contributed by atoms with Gasteiger partial charge in [0.15, 0.2) is 15.7 Å². The number of nitrogens with zero attached hydrogens (tertiary/aromatic N) is 3. The molecule has 13 heteroatoms. The fraction of sp³-hybridized carbons (Fsp3) is 0.231. The van der Waals surface area contributed by atoms with Crippen molar-refractivity contribution >= 4 is 67.8 Å². The Morgan fingerprint density at radius 3 is 2.33 bits per heavy atom. The maximum Gasteiger partial charge on any atom is 0.259 e. The molecule has 1 N–H and O–H groups in total. The summed E-state index contributed by atoms with van der Waals surface area (Å²) in [6.07, 6.45) is 2.61. The molecule has 39 heavy (non-hydrogen) atoms. The molecule has 1 aliphatic rings. The van der Waals surface area contributed by atoms with Gasteiger partial charge in [-0.15, -0.1) is 0 Å². The molecule has 1 aliphatic carbocycles. The first-order valence-electron chi connectivity index (χ1n) is 11.8. The highest BCUT2D eigenvalue weighted by molar-refractivity contribution is 7.91. The second-order valence-corrected chi connectivity index (χ2v) is 13.0. The number of hydrogen-bond donors (Lipinski definition) is 1. The third kappa shape index (κ3) is 5.64. The number of rotatable bonds is 8. The van der Waals surface area contributed by atoms with Gasteiger partial charge in [-0.1, -0.05) is 58.5 Å². The highest BCUT2D eigenvalue weighted by Gasteiger charge is 2.52. The Labute approximate surface area is 244 Å². The van der Waals surface area contributed by atoms with Crippen LogP contribution in [0.5, 0.6) is 0 Å². The lowest BCUT2D eigenvalue weighted by molar-refractivity contribution is -0.115. The summed E-state index contributed by atoms with van der Waals surface area (Å²) in [7, 11) is -3.37. The van der Waals surface area contributed by atoms with Crippen molar-refractivity contribution in [3.8, 4) is 11.5 Å². The lowest BCUT2D eigenvalue weighted by Gasteiger charge is -2.17.